The van der Waals surface area contributed by atoms with Crippen LogP contribution < -0.4 is 5.32 Å². The topological polar surface area (TPSA) is 55.4 Å². The van der Waals surface area contributed by atoms with Gasteiger partial charge in [-0.2, -0.15) is 0 Å². The first-order valence-corrected chi connectivity index (χ1v) is 6.78. The molecule has 4 heteroatoms. The quantitative estimate of drug-likeness (QED) is 0.822. The molecule has 0 aliphatic heterocycles. The minimum atomic E-state index is -0.493. The highest BCUT2D eigenvalue weighted by Crippen LogP contribution is 2.48. The van der Waals surface area contributed by atoms with Gasteiger partial charge in [0.15, 0.2) is 0 Å². The molecule has 102 valence electrons. The molecule has 4 nitrogen and oxygen atoms in total. The number of amides is 1. The van der Waals surface area contributed by atoms with Crippen LogP contribution in [0.2, 0.25) is 0 Å². The molecule has 4 atom stereocenters. The molecule has 0 aromatic rings. The monoisotopic (exact) mass is 253 g/mol. The molecular weight excluding hydrogens is 230 g/mol. The third-order valence-electron chi connectivity index (χ3n) is 4.07. The number of Topliss-reactive ketones (excluding diaryl/α,β-unsaturated/α-hetero) is 1. The van der Waals surface area contributed by atoms with Crippen LogP contribution in [0.3, 0.4) is 0 Å². The molecule has 18 heavy (non-hydrogen) atoms. The van der Waals surface area contributed by atoms with Gasteiger partial charge in [-0.05, 0) is 58.8 Å². The molecule has 0 spiro atoms. The number of rotatable bonds is 2. The third kappa shape index (κ3) is 2.68. The fraction of sp³-hybridized carbons (Fsp3) is 0.857. The van der Waals surface area contributed by atoms with Gasteiger partial charge >= 0.3 is 6.09 Å². The number of carbonyl (C=O) groups is 2. The van der Waals surface area contributed by atoms with E-state index in [-0.39, 0.29) is 17.7 Å². The first-order valence-electron chi connectivity index (χ1n) is 6.78. The van der Waals surface area contributed by atoms with Gasteiger partial charge < -0.3 is 10.1 Å². The van der Waals surface area contributed by atoms with E-state index in [1.807, 2.05) is 20.8 Å². The molecule has 0 aromatic heterocycles. The minimum Gasteiger partial charge on any atom is -0.444 e. The van der Waals surface area contributed by atoms with Crippen molar-refractivity contribution in [3.63, 3.8) is 0 Å². The van der Waals surface area contributed by atoms with Crippen LogP contribution in [0.1, 0.15) is 47.0 Å². The van der Waals surface area contributed by atoms with Gasteiger partial charge in [-0.1, -0.05) is 0 Å². The van der Waals surface area contributed by atoms with Crippen LogP contribution in [-0.2, 0) is 9.53 Å². The van der Waals surface area contributed by atoms with Crippen LogP contribution in [0.15, 0.2) is 0 Å². The number of ether oxygens (including phenoxy) is 1. The molecule has 1 amide bonds. The molecule has 0 heterocycles. The van der Waals surface area contributed by atoms with Gasteiger partial charge in [-0.15, -0.1) is 0 Å². The van der Waals surface area contributed by atoms with Gasteiger partial charge in [0, 0.05) is 12.0 Å². The summed E-state index contributed by atoms with van der Waals surface area (Å²) in [6, 6.07) is -0.0175. The summed E-state index contributed by atoms with van der Waals surface area (Å²) in [6.07, 6.45) is 2.92. The normalized spacial score (nSPS) is 34.4. The second-order valence-corrected chi connectivity index (χ2v) is 6.64. The summed E-state index contributed by atoms with van der Waals surface area (Å²) in [5.41, 5.74) is -0.493. The molecule has 2 fully saturated rings. The van der Waals surface area contributed by atoms with Crippen molar-refractivity contribution in [2.75, 3.05) is 0 Å². The Morgan fingerprint density at radius 2 is 1.78 bits per heavy atom. The summed E-state index contributed by atoms with van der Waals surface area (Å²) >= 11 is 0. The van der Waals surface area contributed by atoms with E-state index in [1.165, 1.54) is 0 Å². The molecule has 0 radical (unpaired) electrons. The summed E-state index contributed by atoms with van der Waals surface area (Å²) in [4.78, 5) is 23.5. The van der Waals surface area contributed by atoms with Gasteiger partial charge in [-0.3, -0.25) is 4.79 Å². The fourth-order valence-electron chi connectivity index (χ4n) is 3.53. The smallest absolute Gasteiger partial charge is 0.407 e. The largest absolute Gasteiger partial charge is 0.444 e. The zero-order valence-corrected chi connectivity index (χ0v) is 11.7. The van der Waals surface area contributed by atoms with Crippen LogP contribution >= 0.6 is 0 Å². The Labute approximate surface area is 108 Å². The molecule has 0 aromatic carbocycles. The molecule has 1 N–H and O–H groups in total. The Morgan fingerprint density at radius 3 is 2.33 bits per heavy atom. The van der Waals surface area contributed by atoms with Crippen molar-refractivity contribution in [3.8, 4) is 0 Å². The molecule has 0 unspecified atom stereocenters. The number of alkyl carbamates (subject to hydrolysis) is 1. The standard InChI is InChI=1S/C14H23NO3/c1-8(16)11-9-5-6-10(7-9)12(11)15-13(17)18-14(2,3)4/h9-12H,5-7H2,1-4H3,(H,15,17)/t9-,10+,11-,12+/m1/s1. The lowest BCUT2D eigenvalue weighted by Gasteiger charge is -2.31. The molecule has 2 rings (SSSR count). The Balaban J connectivity index is 2.00. The van der Waals surface area contributed by atoms with Gasteiger partial charge in [0.2, 0.25) is 0 Å². The molecular formula is C14H23NO3. The van der Waals surface area contributed by atoms with Crippen molar-refractivity contribution in [1.29, 1.82) is 0 Å². The van der Waals surface area contributed by atoms with E-state index in [0.29, 0.717) is 11.8 Å². The van der Waals surface area contributed by atoms with E-state index in [2.05, 4.69) is 5.32 Å². The van der Waals surface area contributed by atoms with E-state index < -0.39 is 11.7 Å². The molecule has 2 saturated carbocycles. The predicted molar refractivity (Wildman–Crippen MR) is 68.2 cm³/mol. The third-order valence-corrected chi connectivity index (χ3v) is 4.07. The zero-order chi connectivity index (χ0) is 13.5. The van der Waals surface area contributed by atoms with Crippen LogP contribution in [0.4, 0.5) is 4.79 Å². The fourth-order valence-corrected chi connectivity index (χ4v) is 3.53. The number of nitrogens with one attached hydrogen (secondary N) is 1. The van der Waals surface area contributed by atoms with Crippen molar-refractivity contribution in [2.45, 2.75) is 58.6 Å². The molecule has 2 aliphatic carbocycles. The average molecular weight is 253 g/mol. The van der Waals surface area contributed by atoms with Crippen LogP contribution in [-0.4, -0.2) is 23.5 Å². The Hall–Kier alpha value is -1.06. The molecule has 2 bridgehead atoms. The first-order chi connectivity index (χ1) is 8.28. The maximum absolute atomic E-state index is 11.8. The van der Waals surface area contributed by atoms with Crippen molar-refractivity contribution < 1.29 is 14.3 Å². The number of hydrogen-bond donors (Lipinski definition) is 1. The summed E-state index contributed by atoms with van der Waals surface area (Å²) in [5.74, 6) is 1.11. The van der Waals surface area contributed by atoms with E-state index >= 15 is 0 Å². The molecule has 0 saturated heterocycles. The maximum Gasteiger partial charge on any atom is 0.407 e. The van der Waals surface area contributed by atoms with Crippen molar-refractivity contribution in [3.05, 3.63) is 0 Å². The highest BCUT2D eigenvalue weighted by atomic mass is 16.6. The number of fused-ring (bicyclic) bond motifs is 2. The van der Waals surface area contributed by atoms with E-state index in [0.717, 1.165) is 19.3 Å². The van der Waals surface area contributed by atoms with Crippen LogP contribution in [0.25, 0.3) is 0 Å². The number of ketones is 1. The van der Waals surface area contributed by atoms with Gasteiger partial charge in [0.1, 0.15) is 11.4 Å². The predicted octanol–water partition coefficient (Wildman–Crippen LogP) is 2.51. The lowest BCUT2D eigenvalue weighted by molar-refractivity contribution is -0.122. The summed E-state index contributed by atoms with van der Waals surface area (Å²) in [7, 11) is 0. The Bertz CT molecular complexity index is 359. The first kappa shape index (κ1) is 13.4. The summed E-state index contributed by atoms with van der Waals surface area (Å²) in [6.45, 7) is 7.16. The maximum atomic E-state index is 11.8. The number of hydrogen-bond acceptors (Lipinski definition) is 3. The van der Waals surface area contributed by atoms with Crippen molar-refractivity contribution in [2.24, 2.45) is 17.8 Å². The van der Waals surface area contributed by atoms with Gasteiger partial charge in [-0.25, -0.2) is 4.79 Å². The highest BCUT2D eigenvalue weighted by molar-refractivity contribution is 5.81. The van der Waals surface area contributed by atoms with Crippen molar-refractivity contribution in [1.82, 2.24) is 5.32 Å². The second-order valence-electron chi connectivity index (χ2n) is 6.64. The highest BCUT2D eigenvalue weighted by Gasteiger charge is 2.50. The SMILES string of the molecule is CC(=O)[C@@H]1[C@@H]2CC[C@@H](C2)[C@@H]1NC(=O)OC(C)(C)C. The van der Waals surface area contributed by atoms with Gasteiger partial charge in [0.05, 0.1) is 0 Å². The average Bonchev–Trinajstić information content (AvgIpc) is 2.73. The Morgan fingerprint density at radius 1 is 1.17 bits per heavy atom. The lowest BCUT2D eigenvalue weighted by atomic mass is 9.82. The van der Waals surface area contributed by atoms with E-state index in [9.17, 15) is 9.59 Å². The zero-order valence-electron chi connectivity index (χ0n) is 11.7. The molecule has 2 aliphatic rings. The van der Waals surface area contributed by atoms with E-state index in [1.54, 1.807) is 6.92 Å². The van der Waals surface area contributed by atoms with E-state index in [4.69, 9.17) is 4.74 Å². The van der Waals surface area contributed by atoms with Crippen LogP contribution in [0.5, 0.6) is 0 Å². The second kappa shape index (κ2) is 4.56. The van der Waals surface area contributed by atoms with Crippen molar-refractivity contribution >= 4 is 11.9 Å². The van der Waals surface area contributed by atoms with Gasteiger partial charge in [0.25, 0.3) is 0 Å². The summed E-state index contributed by atoms with van der Waals surface area (Å²) < 4.78 is 5.27. The Kier molecular flexibility index (Phi) is 3.39. The van der Waals surface area contributed by atoms with Crippen LogP contribution in [0, 0.1) is 17.8 Å². The summed E-state index contributed by atoms with van der Waals surface area (Å²) in [5, 5.41) is 2.92. The number of carbonyl (C=O) groups excluding carboxylic acids is 2. The lowest BCUT2D eigenvalue weighted by Crippen LogP contribution is -2.47. The minimum absolute atomic E-state index is 0.00346.